The van der Waals surface area contributed by atoms with Gasteiger partial charge in [-0.15, -0.1) is 0 Å². The molecule has 0 saturated carbocycles. The molecule has 1 N–H and O–H groups in total. The molecule has 1 unspecified atom stereocenters. The molecule has 1 heterocycles. The minimum atomic E-state index is 0.127. The molecule has 2 aromatic carbocycles. The Balaban J connectivity index is 2.10. The van der Waals surface area contributed by atoms with Crippen molar-refractivity contribution in [2.75, 3.05) is 13.7 Å². The molecule has 0 fully saturated rings. The average molecular weight is 458 g/mol. The summed E-state index contributed by atoms with van der Waals surface area (Å²) in [5.74, 6) is 1.06. The first-order valence-corrected chi connectivity index (χ1v) is 8.94. The third-order valence-electron chi connectivity index (χ3n) is 3.83. The lowest BCUT2D eigenvalue weighted by Crippen LogP contribution is -2.21. The van der Waals surface area contributed by atoms with Crippen LogP contribution in [0.2, 0.25) is 0 Å². The first kappa shape index (κ1) is 15.3. The summed E-state index contributed by atoms with van der Waals surface area (Å²) in [5.41, 5.74) is 3.78. The Labute approximate surface area is 147 Å². The van der Waals surface area contributed by atoms with Gasteiger partial charge in [-0.1, -0.05) is 34.1 Å². The second-order valence-electron chi connectivity index (χ2n) is 5.18. The fourth-order valence-corrected chi connectivity index (χ4v) is 3.85. The number of ether oxygens (including phenoxy) is 1. The highest BCUT2D eigenvalue weighted by Crippen LogP contribution is 2.38. The first-order chi connectivity index (χ1) is 10.2. The fraction of sp³-hybridized carbons (Fsp3) is 0.294. The van der Waals surface area contributed by atoms with Crippen LogP contribution in [-0.4, -0.2) is 13.7 Å². The molecule has 1 aliphatic heterocycles. The number of hydrogen-bond donors (Lipinski definition) is 1. The maximum atomic E-state index is 5.97. The molecule has 21 heavy (non-hydrogen) atoms. The molecule has 1 aliphatic rings. The zero-order chi connectivity index (χ0) is 14.8. The molecule has 0 aromatic heterocycles. The Kier molecular flexibility index (Phi) is 4.86. The second-order valence-corrected chi connectivity index (χ2v) is 7.27. The van der Waals surface area contributed by atoms with Crippen LogP contribution in [-0.2, 0) is 6.42 Å². The van der Waals surface area contributed by atoms with E-state index in [1.807, 2.05) is 7.05 Å². The van der Waals surface area contributed by atoms with Crippen LogP contribution in [0.3, 0.4) is 0 Å². The van der Waals surface area contributed by atoms with Crippen molar-refractivity contribution >= 4 is 38.5 Å². The summed E-state index contributed by atoms with van der Waals surface area (Å²) in [6.45, 7) is 0.813. The van der Waals surface area contributed by atoms with Crippen LogP contribution in [0.1, 0.15) is 29.2 Å². The number of benzene rings is 2. The molecule has 1 atom stereocenters. The van der Waals surface area contributed by atoms with Gasteiger partial charge in [0.2, 0.25) is 0 Å². The molecule has 2 nitrogen and oxygen atoms in total. The van der Waals surface area contributed by atoms with Crippen LogP contribution in [0.4, 0.5) is 0 Å². The molecule has 3 rings (SSSR count). The Bertz CT molecular complexity index is 659. The van der Waals surface area contributed by atoms with Gasteiger partial charge in [0, 0.05) is 13.6 Å². The van der Waals surface area contributed by atoms with Crippen molar-refractivity contribution in [3.05, 3.63) is 61.1 Å². The summed E-state index contributed by atoms with van der Waals surface area (Å²) >= 11 is 6.04. The summed E-state index contributed by atoms with van der Waals surface area (Å²) in [7, 11) is 2.00. The normalized spacial score (nSPS) is 15.2. The van der Waals surface area contributed by atoms with E-state index in [0.717, 1.165) is 29.7 Å². The lowest BCUT2D eigenvalue weighted by molar-refractivity contribution is 0.283. The lowest BCUT2D eigenvalue weighted by atomic mass is 9.94. The molecule has 0 amide bonds. The van der Waals surface area contributed by atoms with Crippen molar-refractivity contribution in [2.24, 2.45) is 0 Å². The van der Waals surface area contributed by atoms with Crippen molar-refractivity contribution in [1.82, 2.24) is 5.32 Å². The van der Waals surface area contributed by atoms with Crippen LogP contribution in [0, 0.1) is 3.57 Å². The van der Waals surface area contributed by atoms with E-state index in [1.165, 1.54) is 20.3 Å². The van der Waals surface area contributed by atoms with Crippen molar-refractivity contribution in [2.45, 2.75) is 18.9 Å². The molecule has 4 heteroatoms. The summed E-state index contributed by atoms with van der Waals surface area (Å²) in [6, 6.07) is 13.0. The maximum absolute atomic E-state index is 5.97. The van der Waals surface area contributed by atoms with E-state index in [2.05, 4.69) is 80.2 Å². The van der Waals surface area contributed by atoms with E-state index in [0.29, 0.717) is 0 Å². The van der Waals surface area contributed by atoms with Gasteiger partial charge < -0.3 is 10.1 Å². The summed E-state index contributed by atoms with van der Waals surface area (Å²) in [5, 5.41) is 3.44. The second kappa shape index (κ2) is 6.67. The highest BCUT2D eigenvalue weighted by molar-refractivity contribution is 14.1. The predicted octanol–water partition coefficient (Wildman–Crippen LogP) is 4.69. The number of halogens is 2. The molecule has 0 spiro atoms. The van der Waals surface area contributed by atoms with E-state index in [9.17, 15) is 0 Å². The van der Waals surface area contributed by atoms with E-state index in [1.54, 1.807) is 0 Å². The quantitative estimate of drug-likeness (QED) is 0.675. The van der Waals surface area contributed by atoms with Crippen LogP contribution < -0.4 is 10.1 Å². The largest absolute Gasteiger partial charge is 0.493 e. The molecule has 0 bridgehead atoms. The average Bonchev–Trinajstić information content (AvgIpc) is 2.51. The summed E-state index contributed by atoms with van der Waals surface area (Å²) in [6.07, 6.45) is 2.21. The Morgan fingerprint density at radius 1 is 1.24 bits per heavy atom. The monoisotopic (exact) mass is 457 g/mol. The van der Waals surface area contributed by atoms with Crippen molar-refractivity contribution in [3.8, 4) is 5.75 Å². The van der Waals surface area contributed by atoms with Gasteiger partial charge >= 0.3 is 0 Å². The van der Waals surface area contributed by atoms with E-state index < -0.39 is 0 Å². The molecular weight excluding hydrogens is 441 g/mol. The Morgan fingerprint density at radius 3 is 2.90 bits per heavy atom. The summed E-state index contributed by atoms with van der Waals surface area (Å²) in [4.78, 5) is 0. The number of fused-ring (bicyclic) bond motifs is 1. The predicted molar refractivity (Wildman–Crippen MR) is 98.0 cm³/mol. The van der Waals surface area contributed by atoms with Crippen LogP contribution >= 0.6 is 38.5 Å². The smallest absolute Gasteiger partial charge is 0.127 e. The minimum Gasteiger partial charge on any atom is -0.493 e. The van der Waals surface area contributed by atoms with Crippen molar-refractivity contribution in [1.29, 1.82) is 0 Å². The maximum Gasteiger partial charge on any atom is 0.127 e. The van der Waals surface area contributed by atoms with Crippen molar-refractivity contribution < 1.29 is 4.74 Å². The number of hydrogen-bond acceptors (Lipinski definition) is 2. The molecule has 2 aromatic rings. The van der Waals surface area contributed by atoms with E-state index >= 15 is 0 Å². The van der Waals surface area contributed by atoms with Gasteiger partial charge in [-0.3, -0.25) is 0 Å². The van der Waals surface area contributed by atoms with Gasteiger partial charge in [-0.2, -0.15) is 0 Å². The van der Waals surface area contributed by atoms with Gasteiger partial charge in [0.1, 0.15) is 5.75 Å². The zero-order valence-corrected chi connectivity index (χ0v) is 15.6. The third-order valence-corrected chi connectivity index (χ3v) is 5.23. The zero-order valence-electron chi connectivity index (χ0n) is 11.8. The Hall–Kier alpha value is -0.590. The standard InChI is InChI=1S/C17H17BrINO/c1-20-16(14-10-12(19)7-8-15(14)18)13-6-2-4-11-5-3-9-21-17(11)13/h2,4,6-8,10,16,20H,3,5,9H2,1H3. The highest BCUT2D eigenvalue weighted by atomic mass is 127. The Morgan fingerprint density at radius 2 is 2.10 bits per heavy atom. The highest BCUT2D eigenvalue weighted by Gasteiger charge is 2.22. The lowest BCUT2D eigenvalue weighted by Gasteiger charge is -2.26. The third kappa shape index (κ3) is 3.12. The minimum absolute atomic E-state index is 0.127. The molecule has 0 saturated heterocycles. The summed E-state index contributed by atoms with van der Waals surface area (Å²) < 4.78 is 8.33. The van der Waals surface area contributed by atoms with Gasteiger partial charge in [0.15, 0.2) is 0 Å². The topological polar surface area (TPSA) is 21.3 Å². The fourth-order valence-electron chi connectivity index (χ4n) is 2.86. The molecular formula is C17H17BrINO. The van der Waals surface area contributed by atoms with Gasteiger partial charge in [0.05, 0.1) is 12.6 Å². The van der Waals surface area contributed by atoms with Gasteiger partial charge in [-0.25, -0.2) is 0 Å². The van der Waals surface area contributed by atoms with Crippen molar-refractivity contribution in [3.63, 3.8) is 0 Å². The number of aryl methyl sites for hydroxylation is 1. The van der Waals surface area contributed by atoms with Gasteiger partial charge in [0.25, 0.3) is 0 Å². The van der Waals surface area contributed by atoms with Crippen LogP contribution in [0.15, 0.2) is 40.9 Å². The van der Waals surface area contributed by atoms with E-state index in [-0.39, 0.29) is 6.04 Å². The first-order valence-electron chi connectivity index (χ1n) is 7.07. The molecule has 0 radical (unpaired) electrons. The van der Waals surface area contributed by atoms with Crippen LogP contribution in [0.5, 0.6) is 5.75 Å². The van der Waals surface area contributed by atoms with E-state index in [4.69, 9.17) is 4.74 Å². The van der Waals surface area contributed by atoms with Gasteiger partial charge in [-0.05, 0) is 71.8 Å². The molecule has 0 aliphatic carbocycles. The number of rotatable bonds is 3. The SMILES string of the molecule is CNC(c1cc(I)ccc1Br)c1cccc2c1OCCC2. The number of para-hydroxylation sites is 1. The van der Waals surface area contributed by atoms with Crippen LogP contribution in [0.25, 0.3) is 0 Å². The molecule has 110 valence electrons. The number of nitrogens with one attached hydrogen (secondary N) is 1.